The monoisotopic (exact) mass is 596 g/mol. The molecule has 1 rings (SSSR count). The number of unbranched alkanes of at least 4 members (excludes halogenated alkanes) is 2. The van der Waals surface area contributed by atoms with Gasteiger partial charge in [0.15, 0.2) is 0 Å². The quantitative estimate of drug-likeness (QED) is 0.106. The number of hydrogen-bond donors (Lipinski definition) is 1. The molecule has 0 saturated carbocycles. The van der Waals surface area contributed by atoms with Crippen molar-refractivity contribution in [1.82, 2.24) is 0 Å². The first-order chi connectivity index (χ1) is 19.2. The van der Waals surface area contributed by atoms with E-state index in [0.717, 1.165) is 59.4 Å². The topological polar surface area (TPSA) is 72.8 Å². The lowest BCUT2D eigenvalue weighted by atomic mass is 9.94. The Bertz CT molecular complexity index is 819. The molecule has 230 valence electrons. The number of thioether (sulfide) groups is 2. The van der Waals surface area contributed by atoms with Gasteiger partial charge >= 0.3 is 11.9 Å². The Balaban J connectivity index is 2.55. The minimum absolute atomic E-state index is 0.121. The van der Waals surface area contributed by atoms with Gasteiger partial charge in [0.2, 0.25) is 0 Å². The van der Waals surface area contributed by atoms with Crippen molar-refractivity contribution in [3.05, 3.63) is 27.8 Å². The highest BCUT2D eigenvalue weighted by Gasteiger charge is 2.18. The fraction of sp³-hybridized carbons (Fsp3) is 0.758. The second-order valence-corrected chi connectivity index (χ2v) is 13.2. The Labute approximate surface area is 253 Å². The second kappa shape index (κ2) is 21.4. The van der Waals surface area contributed by atoms with Gasteiger partial charge in [0.05, 0.1) is 26.1 Å². The van der Waals surface area contributed by atoms with Crippen LogP contribution in [-0.4, -0.2) is 41.8 Å². The van der Waals surface area contributed by atoms with Gasteiger partial charge < -0.3 is 14.6 Å². The standard InChI is InChI=1S/C33H56O5S2/c1-8-12-14-27(10-3)20-37-31(34)16-18-39-22-29-24(5)30(26(7)33(36)25(29)6)23-40-19-17-32(35)38-21-28(11-4)15-13-9-2/h27-28,36H,8-23H2,1-7H3. The van der Waals surface area contributed by atoms with E-state index in [1.165, 1.54) is 31.2 Å². The molecule has 0 aliphatic carbocycles. The highest BCUT2D eigenvalue weighted by molar-refractivity contribution is 7.98. The first-order valence-corrected chi connectivity index (χ1v) is 17.8. The zero-order valence-corrected chi connectivity index (χ0v) is 28.0. The van der Waals surface area contributed by atoms with Crippen LogP contribution in [0.1, 0.15) is 120 Å². The molecule has 0 fully saturated rings. The molecule has 0 aliphatic heterocycles. The van der Waals surface area contributed by atoms with Crippen LogP contribution in [0.25, 0.3) is 0 Å². The summed E-state index contributed by atoms with van der Waals surface area (Å²) in [5, 5.41) is 10.8. The Morgan fingerprint density at radius 3 is 1.45 bits per heavy atom. The number of phenolic OH excluding ortho intramolecular Hbond substituents is 1. The van der Waals surface area contributed by atoms with Gasteiger partial charge in [0, 0.05) is 23.0 Å². The van der Waals surface area contributed by atoms with Gasteiger partial charge in [-0.2, -0.15) is 23.5 Å². The Kier molecular flexibility index (Phi) is 19.6. The molecule has 0 aliphatic rings. The van der Waals surface area contributed by atoms with Crippen molar-refractivity contribution < 1.29 is 24.2 Å². The summed E-state index contributed by atoms with van der Waals surface area (Å²) in [6.07, 6.45) is 9.83. The van der Waals surface area contributed by atoms with E-state index >= 15 is 0 Å². The van der Waals surface area contributed by atoms with E-state index in [1.54, 1.807) is 23.5 Å². The number of hydrogen-bond acceptors (Lipinski definition) is 7. The number of aromatic hydroxyl groups is 1. The van der Waals surface area contributed by atoms with Crippen LogP contribution in [0.15, 0.2) is 0 Å². The molecule has 0 bridgehead atoms. The van der Waals surface area contributed by atoms with Crippen LogP contribution in [-0.2, 0) is 30.6 Å². The number of carbonyl (C=O) groups excluding carboxylic acids is 2. The van der Waals surface area contributed by atoms with Crippen LogP contribution in [0.2, 0.25) is 0 Å². The lowest BCUT2D eigenvalue weighted by molar-refractivity contribution is -0.145. The predicted molar refractivity (Wildman–Crippen MR) is 172 cm³/mol. The highest BCUT2D eigenvalue weighted by atomic mass is 32.2. The van der Waals surface area contributed by atoms with Gasteiger partial charge in [-0.25, -0.2) is 0 Å². The molecule has 7 heteroatoms. The molecule has 1 aromatic carbocycles. The average Bonchev–Trinajstić information content (AvgIpc) is 2.95. The number of phenols is 1. The molecule has 1 N–H and O–H groups in total. The first-order valence-electron chi connectivity index (χ1n) is 15.5. The van der Waals surface area contributed by atoms with Crippen LogP contribution >= 0.6 is 23.5 Å². The smallest absolute Gasteiger partial charge is 0.306 e. The van der Waals surface area contributed by atoms with Crippen molar-refractivity contribution in [2.45, 2.75) is 124 Å². The van der Waals surface area contributed by atoms with Crippen molar-refractivity contribution >= 4 is 35.5 Å². The lowest BCUT2D eigenvalue weighted by Crippen LogP contribution is -2.14. The third-order valence-electron chi connectivity index (χ3n) is 7.96. The zero-order chi connectivity index (χ0) is 29.9. The molecule has 0 heterocycles. The van der Waals surface area contributed by atoms with E-state index < -0.39 is 0 Å². The van der Waals surface area contributed by atoms with Crippen molar-refractivity contribution in [1.29, 1.82) is 0 Å². The number of rotatable bonds is 22. The minimum atomic E-state index is -0.121. The molecule has 0 radical (unpaired) electrons. The summed E-state index contributed by atoms with van der Waals surface area (Å²) >= 11 is 3.41. The van der Waals surface area contributed by atoms with Gasteiger partial charge in [-0.05, 0) is 73.3 Å². The maximum absolute atomic E-state index is 12.3. The fourth-order valence-corrected chi connectivity index (χ4v) is 6.95. The molecule has 0 aromatic heterocycles. The van der Waals surface area contributed by atoms with Gasteiger partial charge in [-0.1, -0.05) is 66.2 Å². The third-order valence-corrected chi connectivity index (χ3v) is 9.93. The van der Waals surface area contributed by atoms with Gasteiger partial charge in [0.25, 0.3) is 0 Å². The molecule has 40 heavy (non-hydrogen) atoms. The normalized spacial score (nSPS) is 12.8. The van der Waals surface area contributed by atoms with Gasteiger partial charge in [-0.15, -0.1) is 0 Å². The summed E-state index contributed by atoms with van der Waals surface area (Å²) in [5.41, 5.74) is 5.30. The Hall–Kier alpha value is -1.34. The largest absolute Gasteiger partial charge is 0.507 e. The summed E-state index contributed by atoms with van der Waals surface area (Å²) in [6.45, 7) is 15.8. The number of benzene rings is 1. The van der Waals surface area contributed by atoms with E-state index in [2.05, 4.69) is 34.6 Å². The molecule has 1 aromatic rings. The third kappa shape index (κ3) is 13.5. The van der Waals surface area contributed by atoms with Gasteiger partial charge in [0.1, 0.15) is 5.75 Å². The van der Waals surface area contributed by atoms with Crippen molar-refractivity contribution in [3.8, 4) is 5.75 Å². The van der Waals surface area contributed by atoms with Crippen LogP contribution in [0.4, 0.5) is 0 Å². The number of carbonyl (C=O) groups is 2. The molecule has 5 nitrogen and oxygen atoms in total. The second-order valence-electron chi connectivity index (χ2n) is 11.0. The fourth-order valence-electron chi connectivity index (χ4n) is 4.77. The van der Waals surface area contributed by atoms with E-state index in [1.807, 2.05) is 13.8 Å². The number of esters is 2. The summed E-state index contributed by atoms with van der Waals surface area (Å²) in [4.78, 5) is 24.5. The molecule has 0 spiro atoms. The van der Waals surface area contributed by atoms with Crippen molar-refractivity contribution in [2.24, 2.45) is 11.8 Å². The minimum Gasteiger partial charge on any atom is -0.507 e. The van der Waals surface area contributed by atoms with Crippen LogP contribution < -0.4 is 0 Å². The summed E-state index contributed by atoms with van der Waals surface area (Å²) in [6, 6.07) is 0. The van der Waals surface area contributed by atoms with E-state index in [9.17, 15) is 14.7 Å². The van der Waals surface area contributed by atoms with Gasteiger partial charge in [-0.3, -0.25) is 9.59 Å². The lowest BCUT2D eigenvalue weighted by Gasteiger charge is -2.19. The van der Waals surface area contributed by atoms with Crippen molar-refractivity contribution in [3.63, 3.8) is 0 Å². The summed E-state index contributed by atoms with van der Waals surface area (Å²) in [7, 11) is 0. The maximum atomic E-state index is 12.3. The molecule has 0 saturated heterocycles. The number of ether oxygens (including phenoxy) is 2. The Morgan fingerprint density at radius 1 is 0.700 bits per heavy atom. The zero-order valence-electron chi connectivity index (χ0n) is 26.4. The predicted octanol–water partition coefficient (Wildman–Crippen LogP) is 9.08. The first kappa shape index (κ1) is 36.7. The summed E-state index contributed by atoms with van der Waals surface area (Å²) < 4.78 is 11.1. The molecular formula is C33H56O5S2. The van der Waals surface area contributed by atoms with Crippen LogP contribution in [0.3, 0.4) is 0 Å². The average molecular weight is 597 g/mol. The van der Waals surface area contributed by atoms with E-state index in [4.69, 9.17) is 9.47 Å². The molecule has 0 amide bonds. The molecule has 2 atom stereocenters. The van der Waals surface area contributed by atoms with Crippen LogP contribution in [0, 0.1) is 32.6 Å². The SMILES string of the molecule is CCCCC(CC)COC(=O)CCSCc1c(C)c(O)c(C)c(CSCCC(=O)OCC(CC)CCCC)c1C. The Morgan fingerprint density at radius 2 is 1.10 bits per heavy atom. The van der Waals surface area contributed by atoms with Crippen LogP contribution in [0.5, 0.6) is 5.75 Å². The maximum Gasteiger partial charge on any atom is 0.306 e. The highest BCUT2D eigenvalue weighted by Crippen LogP contribution is 2.36. The van der Waals surface area contributed by atoms with E-state index in [0.29, 0.717) is 55.1 Å². The summed E-state index contributed by atoms with van der Waals surface area (Å²) in [5.74, 6) is 3.91. The molecular weight excluding hydrogens is 540 g/mol. The van der Waals surface area contributed by atoms with E-state index in [-0.39, 0.29) is 11.9 Å². The van der Waals surface area contributed by atoms with Crippen molar-refractivity contribution in [2.75, 3.05) is 24.7 Å². The molecule has 2 unspecified atom stereocenters.